The predicted molar refractivity (Wildman–Crippen MR) is 131 cm³/mol. The molecule has 180 valence electrons. The number of methoxy groups -OCH3 is 1. The second-order valence-electron chi connectivity index (χ2n) is 8.48. The molecule has 3 heterocycles. The van der Waals surface area contributed by atoms with E-state index in [4.69, 9.17) is 4.74 Å². The smallest absolute Gasteiger partial charge is 0.265 e. The Bertz CT molecular complexity index is 1500. The molecule has 0 saturated carbocycles. The van der Waals surface area contributed by atoms with E-state index in [9.17, 15) is 13.2 Å². The van der Waals surface area contributed by atoms with Crippen molar-refractivity contribution in [2.24, 2.45) is 0 Å². The van der Waals surface area contributed by atoms with E-state index in [1.165, 1.54) is 19.2 Å². The number of sulfonamides is 1. The fourth-order valence-corrected chi connectivity index (χ4v) is 5.64. The number of carbonyl (C=O) groups excluding carboxylic acids is 1. The van der Waals surface area contributed by atoms with Gasteiger partial charge in [-0.1, -0.05) is 23.8 Å². The molecule has 2 aromatic heterocycles. The van der Waals surface area contributed by atoms with E-state index in [1.54, 1.807) is 23.1 Å². The summed E-state index contributed by atoms with van der Waals surface area (Å²) in [6, 6.07) is 16.9. The van der Waals surface area contributed by atoms with Gasteiger partial charge in [0.1, 0.15) is 10.6 Å². The first-order valence-electron chi connectivity index (χ1n) is 11.3. The molecule has 4 aromatic rings. The van der Waals surface area contributed by atoms with Crippen molar-refractivity contribution >= 4 is 27.3 Å². The van der Waals surface area contributed by atoms with Gasteiger partial charge in [0.05, 0.1) is 13.2 Å². The number of likely N-dealkylation sites (tertiary alicyclic amines) is 1. The standard InChI is InChI=1S/C25H25N5O4S/c1-17-8-11-19(12-9-17)28-35(32,33)22-16-18(10-13-21(22)34-2)25(31)29-15-5-6-20(29)24-27-26-23-7-3-4-14-30(23)24/h3-4,7-14,16,20,28H,5-6,15H2,1-2H3. The van der Waals surface area contributed by atoms with Gasteiger partial charge in [-0.2, -0.15) is 0 Å². The normalized spacial score (nSPS) is 15.9. The Morgan fingerprint density at radius 3 is 2.66 bits per heavy atom. The quantitative estimate of drug-likeness (QED) is 0.440. The average Bonchev–Trinajstić information content (AvgIpc) is 3.51. The maximum Gasteiger partial charge on any atom is 0.265 e. The Morgan fingerprint density at radius 1 is 1.09 bits per heavy atom. The Balaban J connectivity index is 1.47. The summed E-state index contributed by atoms with van der Waals surface area (Å²) in [5, 5.41) is 8.55. The Hall–Kier alpha value is -3.92. The van der Waals surface area contributed by atoms with Gasteiger partial charge in [0.15, 0.2) is 11.5 Å². The van der Waals surface area contributed by atoms with Crippen LogP contribution < -0.4 is 9.46 Å². The molecule has 0 bridgehead atoms. The van der Waals surface area contributed by atoms with Gasteiger partial charge >= 0.3 is 0 Å². The number of rotatable bonds is 6. The van der Waals surface area contributed by atoms with Gasteiger partial charge in [0, 0.05) is 24.0 Å². The summed E-state index contributed by atoms with van der Waals surface area (Å²) >= 11 is 0. The van der Waals surface area contributed by atoms with Gasteiger partial charge in [0.25, 0.3) is 15.9 Å². The number of benzene rings is 2. The number of aromatic nitrogens is 3. The first-order valence-corrected chi connectivity index (χ1v) is 12.7. The van der Waals surface area contributed by atoms with E-state index in [0.29, 0.717) is 23.7 Å². The van der Waals surface area contributed by atoms with Gasteiger partial charge in [-0.25, -0.2) is 8.42 Å². The zero-order valence-electron chi connectivity index (χ0n) is 19.4. The van der Waals surface area contributed by atoms with E-state index in [-0.39, 0.29) is 28.2 Å². The molecule has 10 heteroatoms. The van der Waals surface area contributed by atoms with E-state index in [1.807, 2.05) is 47.9 Å². The minimum Gasteiger partial charge on any atom is -0.495 e. The minimum atomic E-state index is -4.01. The molecule has 1 unspecified atom stereocenters. The number of pyridine rings is 1. The number of fused-ring (bicyclic) bond motifs is 1. The molecule has 0 aliphatic carbocycles. The molecule has 1 aliphatic heterocycles. The number of hydrogen-bond donors (Lipinski definition) is 1. The first-order chi connectivity index (χ1) is 16.9. The minimum absolute atomic E-state index is 0.102. The molecule has 1 N–H and O–H groups in total. The number of anilines is 1. The highest BCUT2D eigenvalue weighted by molar-refractivity contribution is 7.92. The fourth-order valence-electron chi connectivity index (χ4n) is 4.38. The largest absolute Gasteiger partial charge is 0.495 e. The number of hydrogen-bond acceptors (Lipinski definition) is 6. The summed E-state index contributed by atoms with van der Waals surface area (Å²) < 4.78 is 36.2. The number of amides is 1. The molecule has 5 rings (SSSR count). The van der Waals surface area contributed by atoms with Crippen LogP contribution in [-0.2, 0) is 10.0 Å². The van der Waals surface area contributed by atoms with Crippen LogP contribution in [0.15, 0.2) is 71.8 Å². The Labute approximate surface area is 203 Å². The van der Waals surface area contributed by atoms with Crippen molar-refractivity contribution in [3.8, 4) is 5.75 Å². The van der Waals surface area contributed by atoms with Gasteiger partial charge < -0.3 is 9.64 Å². The molecule has 0 spiro atoms. The lowest BCUT2D eigenvalue weighted by atomic mass is 10.1. The van der Waals surface area contributed by atoms with Crippen molar-refractivity contribution < 1.29 is 17.9 Å². The molecule has 1 saturated heterocycles. The van der Waals surface area contributed by atoms with Crippen molar-refractivity contribution in [2.75, 3.05) is 18.4 Å². The molecule has 2 aromatic carbocycles. The SMILES string of the molecule is COc1ccc(C(=O)N2CCCC2c2nnc3ccccn23)cc1S(=O)(=O)Nc1ccc(C)cc1. The Kier molecular flexibility index (Phi) is 5.89. The number of nitrogens with one attached hydrogen (secondary N) is 1. The van der Waals surface area contributed by atoms with E-state index in [0.717, 1.165) is 18.4 Å². The summed E-state index contributed by atoms with van der Waals surface area (Å²) in [7, 11) is -2.61. The van der Waals surface area contributed by atoms with Crippen LogP contribution in [0.3, 0.4) is 0 Å². The second kappa shape index (κ2) is 9.03. The summed E-state index contributed by atoms with van der Waals surface area (Å²) in [4.78, 5) is 15.2. The van der Waals surface area contributed by atoms with Crippen molar-refractivity contribution in [1.29, 1.82) is 0 Å². The zero-order chi connectivity index (χ0) is 24.6. The molecule has 9 nitrogen and oxygen atoms in total. The van der Waals surface area contributed by atoms with Crippen LogP contribution >= 0.6 is 0 Å². The monoisotopic (exact) mass is 491 g/mol. The molecular weight excluding hydrogens is 466 g/mol. The molecule has 1 aliphatic rings. The van der Waals surface area contributed by atoms with Crippen LogP contribution in [0.5, 0.6) is 5.75 Å². The van der Waals surface area contributed by atoms with Crippen LogP contribution in [0.2, 0.25) is 0 Å². The van der Waals surface area contributed by atoms with E-state index in [2.05, 4.69) is 14.9 Å². The van der Waals surface area contributed by atoms with Gasteiger partial charge in [0.2, 0.25) is 0 Å². The number of nitrogens with zero attached hydrogens (tertiary/aromatic N) is 4. The van der Waals surface area contributed by atoms with Crippen molar-refractivity contribution in [1.82, 2.24) is 19.5 Å². The number of carbonyl (C=O) groups is 1. The third kappa shape index (κ3) is 4.32. The van der Waals surface area contributed by atoms with Crippen LogP contribution in [0.1, 0.15) is 40.6 Å². The highest BCUT2D eigenvalue weighted by Gasteiger charge is 2.34. The topological polar surface area (TPSA) is 106 Å². The van der Waals surface area contributed by atoms with Gasteiger partial charge in [-0.05, 0) is 62.2 Å². The second-order valence-corrected chi connectivity index (χ2v) is 10.1. The third-order valence-corrected chi connectivity index (χ3v) is 7.56. The summed E-state index contributed by atoms with van der Waals surface area (Å²) in [5.74, 6) is 0.575. The van der Waals surface area contributed by atoms with Crippen LogP contribution in [0, 0.1) is 6.92 Å². The number of aryl methyl sites for hydroxylation is 1. The van der Waals surface area contributed by atoms with E-state index >= 15 is 0 Å². The van der Waals surface area contributed by atoms with Crippen LogP contribution in [0.25, 0.3) is 5.65 Å². The maximum atomic E-state index is 13.6. The Morgan fingerprint density at radius 2 is 1.89 bits per heavy atom. The lowest BCUT2D eigenvalue weighted by molar-refractivity contribution is 0.0729. The maximum absolute atomic E-state index is 13.6. The molecular formula is C25H25N5O4S. The summed E-state index contributed by atoms with van der Waals surface area (Å²) in [6.45, 7) is 2.46. The lowest BCUT2D eigenvalue weighted by Crippen LogP contribution is -2.31. The molecule has 1 atom stereocenters. The highest BCUT2D eigenvalue weighted by Crippen LogP contribution is 2.34. The van der Waals surface area contributed by atoms with Crippen molar-refractivity contribution in [3.63, 3.8) is 0 Å². The zero-order valence-corrected chi connectivity index (χ0v) is 20.2. The van der Waals surface area contributed by atoms with Gasteiger partial charge in [-0.15, -0.1) is 10.2 Å². The summed E-state index contributed by atoms with van der Waals surface area (Å²) in [5.41, 5.74) is 2.41. The van der Waals surface area contributed by atoms with E-state index < -0.39 is 10.0 Å². The average molecular weight is 492 g/mol. The van der Waals surface area contributed by atoms with Crippen molar-refractivity contribution in [3.05, 3.63) is 83.8 Å². The molecule has 35 heavy (non-hydrogen) atoms. The van der Waals surface area contributed by atoms with Crippen molar-refractivity contribution in [2.45, 2.75) is 30.7 Å². The molecule has 1 amide bonds. The predicted octanol–water partition coefficient (Wildman–Crippen LogP) is 3.82. The molecule has 1 fully saturated rings. The fraction of sp³-hybridized carbons (Fsp3) is 0.240. The lowest BCUT2D eigenvalue weighted by Gasteiger charge is -2.24. The highest BCUT2D eigenvalue weighted by atomic mass is 32.2. The van der Waals surface area contributed by atoms with Crippen LogP contribution in [-0.4, -0.2) is 47.5 Å². The number of ether oxygens (including phenoxy) is 1. The third-order valence-electron chi connectivity index (χ3n) is 6.16. The first kappa shape index (κ1) is 22.9. The summed E-state index contributed by atoms with van der Waals surface area (Å²) in [6.07, 6.45) is 3.44. The van der Waals surface area contributed by atoms with Gasteiger partial charge in [-0.3, -0.25) is 13.9 Å². The van der Waals surface area contributed by atoms with Crippen LogP contribution in [0.4, 0.5) is 5.69 Å². The molecule has 0 radical (unpaired) electrons.